The molecule has 0 atom stereocenters. The van der Waals surface area contributed by atoms with E-state index >= 15 is 0 Å². The van der Waals surface area contributed by atoms with Crippen molar-refractivity contribution in [2.24, 2.45) is 0 Å². The van der Waals surface area contributed by atoms with E-state index in [1.54, 1.807) is 0 Å². The molecular formula is C26H37NO3. The number of aliphatic carboxylic acids is 1. The Bertz CT molecular complexity index is 815. The molecule has 0 aliphatic carbocycles. The van der Waals surface area contributed by atoms with Gasteiger partial charge in [0, 0.05) is 37.7 Å². The minimum atomic E-state index is -0.716. The fourth-order valence-corrected chi connectivity index (χ4v) is 3.79. The highest BCUT2D eigenvalue weighted by Crippen LogP contribution is 2.24. The highest BCUT2D eigenvalue weighted by atomic mass is 16.4. The molecule has 0 bridgehead atoms. The summed E-state index contributed by atoms with van der Waals surface area (Å²) in [6.45, 7) is 3.29. The molecule has 2 aromatic rings. The van der Waals surface area contributed by atoms with E-state index in [4.69, 9.17) is 5.11 Å². The Balaban J connectivity index is 1.79. The quantitative estimate of drug-likeness (QED) is 0.257. The Hall–Kier alpha value is -2.36. The topological polar surface area (TPSA) is 57.6 Å². The number of rotatable bonds is 15. The first-order chi connectivity index (χ1) is 14.5. The fourth-order valence-electron chi connectivity index (χ4n) is 3.79. The molecular weight excluding hydrogens is 374 g/mol. The molecule has 4 nitrogen and oxygen atoms in total. The zero-order valence-electron chi connectivity index (χ0n) is 18.7. The number of hydrogen-bond acceptors (Lipinski definition) is 3. The monoisotopic (exact) mass is 411 g/mol. The third-order valence-corrected chi connectivity index (χ3v) is 5.73. The van der Waals surface area contributed by atoms with Crippen LogP contribution in [0, 0.1) is 0 Å². The predicted octanol–water partition coefficient (Wildman–Crippen LogP) is 6.85. The average molecular weight is 412 g/mol. The standard InChI is InChI=1S/C26H37NO3/c1-3-4-11-18-27(2)24-17-16-21-19-23(15-14-22(21)20-24)25(28)12-9-7-5-6-8-10-13-26(29)30/h14-17,19-20H,3-13,18H2,1-2H3,(H,29,30). The van der Waals surface area contributed by atoms with Crippen LogP contribution in [0.15, 0.2) is 36.4 Å². The number of nitrogens with zero attached hydrogens (tertiary/aromatic N) is 1. The maximum absolute atomic E-state index is 12.5. The maximum Gasteiger partial charge on any atom is 0.303 e. The van der Waals surface area contributed by atoms with E-state index in [0.29, 0.717) is 6.42 Å². The van der Waals surface area contributed by atoms with Crippen LogP contribution in [-0.2, 0) is 4.79 Å². The van der Waals surface area contributed by atoms with Crippen LogP contribution in [0.5, 0.6) is 0 Å². The maximum atomic E-state index is 12.5. The molecule has 0 radical (unpaired) electrons. The lowest BCUT2D eigenvalue weighted by atomic mass is 10.00. The fraction of sp³-hybridized carbons (Fsp3) is 0.538. The summed E-state index contributed by atoms with van der Waals surface area (Å²) < 4.78 is 0. The second kappa shape index (κ2) is 13.0. The number of carboxylic acids is 1. The molecule has 0 amide bonds. The second-order valence-electron chi connectivity index (χ2n) is 8.31. The molecule has 30 heavy (non-hydrogen) atoms. The van der Waals surface area contributed by atoms with Gasteiger partial charge < -0.3 is 10.0 Å². The van der Waals surface area contributed by atoms with Crippen molar-refractivity contribution in [1.29, 1.82) is 0 Å². The highest BCUT2D eigenvalue weighted by molar-refractivity contribution is 6.00. The van der Waals surface area contributed by atoms with Crippen LogP contribution in [0.25, 0.3) is 10.8 Å². The molecule has 0 saturated heterocycles. The number of carbonyl (C=O) groups excluding carboxylic acids is 1. The van der Waals surface area contributed by atoms with Gasteiger partial charge in [0.1, 0.15) is 0 Å². The van der Waals surface area contributed by atoms with Gasteiger partial charge in [-0.25, -0.2) is 0 Å². The van der Waals surface area contributed by atoms with Gasteiger partial charge in [0.25, 0.3) is 0 Å². The third-order valence-electron chi connectivity index (χ3n) is 5.73. The van der Waals surface area contributed by atoms with Crippen LogP contribution in [-0.4, -0.2) is 30.5 Å². The first-order valence-corrected chi connectivity index (χ1v) is 11.5. The SMILES string of the molecule is CCCCCN(C)c1ccc2cc(C(=O)CCCCCCCCC(=O)O)ccc2c1. The van der Waals surface area contributed by atoms with Gasteiger partial charge in [0.05, 0.1) is 0 Å². The van der Waals surface area contributed by atoms with E-state index in [0.717, 1.165) is 56.0 Å². The van der Waals surface area contributed by atoms with E-state index in [1.807, 2.05) is 12.1 Å². The van der Waals surface area contributed by atoms with Crippen LogP contribution in [0.1, 0.15) is 87.9 Å². The van der Waals surface area contributed by atoms with Gasteiger partial charge in [-0.15, -0.1) is 0 Å². The summed E-state index contributed by atoms with van der Waals surface area (Å²) in [6.07, 6.45) is 10.3. The Morgan fingerprint density at radius 3 is 2.13 bits per heavy atom. The molecule has 4 heteroatoms. The molecule has 1 N–H and O–H groups in total. The zero-order valence-corrected chi connectivity index (χ0v) is 18.7. The van der Waals surface area contributed by atoms with Crippen molar-refractivity contribution in [2.45, 2.75) is 77.6 Å². The lowest BCUT2D eigenvalue weighted by molar-refractivity contribution is -0.137. The van der Waals surface area contributed by atoms with E-state index in [-0.39, 0.29) is 12.2 Å². The van der Waals surface area contributed by atoms with Gasteiger partial charge >= 0.3 is 5.97 Å². The van der Waals surface area contributed by atoms with E-state index in [1.165, 1.54) is 30.3 Å². The first-order valence-electron chi connectivity index (χ1n) is 11.5. The lowest BCUT2D eigenvalue weighted by Gasteiger charge is -2.19. The van der Waals surface area contributed by atoms with Crippen molar-refractivity contribution < 1.29 is 14.7 Å². The lowest BCUT2D eigenvalue weighted by Crippen LogP contribution is -2.18. The number of benzene rings is 2. The molecule has 0 heterocycles. The van der Waals surface area contributed by atoms with Gasteiger partial charge in [0.15, 0.2) is 5.78 Å². The van der Waals surface area contributed by atoms with Crippen LogP contribution in [0.3, 0.4) is 0 Å². The number of unbranched alkanes of at least 4 members (excludes halogenated alkanes) is 7. The summed E-state index contributed by atoms with van der Waals surface area (Å²) in [4.78, 5) is 25.3. The summed E-state index contributed by atoms with van der Waals surface area (Å²) in [6, 6.07) is 12.5. The average Bonchev–Trinajstić information content (AvgIpc) is 2.74. The van der Waals surface area contributed by atoms with Gasteiger partial charge in [-0.3, -0.25) is 9.59 Å². The van der Waals surface area contributed by atoms with Crippen molar-refractivity contribution in [3.05, 3.63) is 42.0 Å². The van der Waals surface area contributed by atoms with E-state index < -0.39 is 5.97 Å². The molecule has 164 valence electrons. The molecule has 0 aromatic heterocycles. The number of hydrogen-bond donors (Lipinski definition) is 1. The smallest absolute Gasteiger partial charge is 0.303 e. The third kappa shape index (κ3) is 8.17. The van der Waals surface area contributed by atoms with Crippen molar-refractivity contribution >= 4 is 28.2 Å². The van der Waals surface area contributed by atoms with Crippen LogP contribution in [0.4, 0.5) is 5.69 Å². The minimum absolute atomic E-state index is 0.212. The minimum Gasteiger partial charge on any atom is -0.481 e. The summed E-state index contributed by atoms with van der Waals surface area (Å²) >= 11 is 0. The molecule has 0 aliphatic heterocycles. The van der Waals surface area contributed by atoms with Crippen molar-refractivity contribution in [1.82, 2.24) is 0 Å². The number of Topliss-reactive ketones (excluding diaryl/α,β-unsaturated/α-hetero) is 1. The zero-order chi connectivity index (χ0) is 21.8. The molecule has 0 saturated carbocycles. The number of carboxylic acid groups (broad SMARTS) is 1. The molecule has 2 rings (SSSR count). The number of fused-ring (bicyclic) bond motifs is 1. The molecule has 0 aliphatic rings. The molecule has 2 aromatic carbocycles. The Morgan fingerprint density at radius 2 is 1.43 bits per heavy atom. The summed E-state index contributed by atoms with van der Waals surface area (Å²) in [7, 11) is 2.14. The van der Waals surface area contributed by atoms with E-state index in [9.17, 15) is 9.59 Å². The van der Waals surface area contributed by atoms with Crippen molar-refractivity contribution in [3.63, 3.8) is 0 Å². The first kappa shape index (κ1) is 23.9. The normalized spacial score (nSPS) is 11.0. The van der Waals surface area contributed by atoms with Gasteiger partial charge in [0.2, 0.25) is 0 Å². The second-order valence-corrected chi connectivity index (χ2v) is 8.31. The summed E-state index contributed by atoms with van der Waals surface area (Å²) in [5.41, 5.74) is 2.02. The van der Waals surface area contributed by atoms with E-state index in [2.05, 4.69) is 43.1 Å². The van der Waals surface area contributed by atoms with Crippen LogP contribution >= 0.6 is 0 Å². The van der Waals surface area contributed by atoms with Crippen molar-refractivity contribution in [2.75, 3.05) is 18.5 Å². The van der Waals surface area contributed by atoms with Crippen molar-refractivity contribution in [3.8, 4) is 0 Å². The molecule has 0 fully saturated rings. The highest BCUT2D eigenvalue weighted by Gasteiger charge is 2.08. The number of anilines is 1. The largest absolute Gasteiger partial charge is 0.481 e. The number of carbonyl (C=O) groups is 2. The van der Waals surface area contributed by atoms with Crippen LogP contribution in [0.2, 0.25) is 0 Å². The number of ketones is 1. The van der Waals surface area contributed by atoms with Gasteiger partial charge in [-0.05, 0) is 48.2 Å². The summed E-state index contributed by atoms with van der Waals surface area (Å²) in [5, 5.41) is 10.9. The van der Waals surface area contributed by atoms with Crippen LogP contribution < -0.4 is 4.90 Å². The molecule has 0 unspecified atom stereocenters. The Morgan fingerprint density at radius 1 is 0.800 bits per heavy atom. The Labute approximate surface area is 181 Å². The summed E-state index contributed by atoms with van der Waals surface area (Å²) in [5.74, 6) is -0.505. The predicted molar refractivity (Wildman–Crippen MR) is 126 cm³/mol. The molecule has 0 spiro atoms. The van der Waals surface area contributed by atoms with Gasteiger partial charge in [-0.2, -0.15) is 0 Å². The van der Waals surface area contributed by atoms with Gasteiger partial charge in [-0.1, -0.05) is 63.6 Å². The Kier molecular flexibility index (Phi) is 10.4.